The molecule has 1 aliphatic carbocycles. The summed E-state index contributed by atoms with van der Waals surface area (Å²) in [5.74, 6) is 0. The van der Waals surface area contributed by atoms with Gasteiger partial charge in [-0.25, -0.2) is 4.98 Å². The first kappa shape index (κ1) is 27.7. The Balaban J connectivity index is 1.29. The molecule has 0 spiro atoms. The fourth-order valence-electron chi connectivity index (χ4n) is 7.10. The molecular weight excluding hydrogens is 547 g/mol. The van der Waals surface area contributed by atoms with Crippen molar-refractivity contribution in [1.29, 1.82) is 0 Å². The van der Waals surface area contributed by atoms with Crippen LogP contribution in [0.1, 0.15) is 51.7 Å². The highest BCUT2D eigenvalue weighted by atomic mass is 32.2. The molecule has 2 aliphatic heterocycles. The normalized spacial score (nSPS) is 20.8. The van der Waals surface area contributed by atoms with Gasteiger partial charge in [-0.05, 0) is 79.4 Å². The summed E-state index contributed by atoms with van der Waals surface area (Å²) in [6.07, 6.45) is 11.3. The molecule has 3 aromatic carbocycles. The fourth-order valence-corrected chi connectivity index (χ4v) is 8.15. The lowest BCUT2D eigenvalue weighted by Gasteiger charge is -2.23. The standard InChI is InChI=1S/C38H38N3OS/c1-37(2)27-13-7-10-16-30(27)40(5)33(37)23-21-25-19-20-26(35(25)43-36-39-29-15-9-12-18-32(29)42-36)22-24-34-38(3,4)28-14-8-11-17-31(28)41(34)6/h7-18,21-24H,19-20H2,1-6H3/q+1. The Morgan fingerprint density at radius 2 is 1.56 bits per heavy atom. The second-order valence-corrected chi connectivity index (χ2v) is 13.7. The molecule has 216 valence electrons. The molecule has 43 heavy (non-hydrogen) atoms. The largest absolute Gasteiger partial charge is 0.431 e. The molecule has 0 unspecified atom stereocenters. The molecule has 5 heteroatoms. The van der Waals surface area contributed by atoms with E-state index < -0.39 is 0 Å². The van der Waals surface area contributed by atoms with E-state index in [-0.39, 0.29) is 10.8 Å². The Bertz CT molecular complexity index is 1900. The second kappa shape index (κ2) is 10.3. The van der Waals surface area contributed by atoms with Gasteiger partial charge in [0.25, 0.3) is 5.22 Å². The summed E-state index contributed by atoms with van der Waals surface area (Å²) in [7, 11) is 4.36. The van der Waals surface area contributed by atoms with Crippen LogP contribution in [-0.4, -0.2) is 29.4 Å². The second-order valence-electron chi connectivity index (χ2n) is 12.8. The summed E-state index contributed by atoms with van der Waals surface area (Å²) in [4.78, 5) is 8.40. The fraction of sp³-hybridized carbons (Fsp3) is 0.263. The predicted octanol–water partition coefficient (Wildman–Crippen LogP) is 9.47. The first-order valence-electron chi connectivity index (χ1n) is 15.1. The molecule has 0 bridgehead atoms. The summed E-state index contributed by atoms with van der Waals surface area (Å²) in [6, 6.07) is 25.5. The van der Waals surface area contributed by atoms with Gasteiger partial charge in [-0.15, -0.1) is 0 Å². The van der Waals surface area contributed by atoms with E-state index in [0.717, 1.165) is 23.9 Å². The molecule has 3 aliphatic rings. The molecule has 0 saturated carbocycles. The van der Waals surface area contributed by atoms with E-state index in [1.54, 1.807) is 11.8 Å². The van der Waals surface area contributed by atoms with E-state index in [0.29, 0.717) is 5.22 Å². The Hall–Kier alpha value is -4.09. The van der Waals surface area contributed by atoms with E-state index in [2.05, 4.69) is 124 Å². The van der Waals surface area contributed by atoms with Gasteiger partial charge in [-0.1, -0.05) is 74.5 Å². The van der Waals surface area contributed by atoms with Crippen molar-refractivity contribution in [3.05, 3.63) is 130 Å². The van der Waals surface area contributed by atoms with E-state index in [1.165, 1.54) is 50.0 Å². The molecule has 4 aromatic rings. The van der Waals surface area contributed by atoms with Gasteiger partial charge in [0.2, 0.25) is 5.69 Å². The van der Waals surface area contributed by atoms with Crippen molar-refractivity contribution in [3.8, 4) is 0 Å². The van der Waals surface area contributed by atoms with Gasteiger partial charge in [0, 0.05) is 46.5 Å². The molecule has 4 nitrogen and oxygen atoms in total. The number of allylic oxidation sites excluding steroid dienone is 7. The van der Waals surface area contributed by atoms with Crippen molar-refractivity contribution in [1.82, 2.24) is 4.98 Å². The van der Waals surface area contributed by atoms with Gasteiger partial charge in [0.05, 0.1) is 5.41 Å². The zero-order chi connectivity index (χ0) is 29.9. The highest BCUT2D eigenvalue weighted by molar-refractivity contribution is 8.03. The molecule has 0 N–H and O–H groups in total. The van der Waals surface area contributed by atoms with Crippen molar-refractivity contribution in [2.24, 2.45) is 0 Å². The third-order valence-corrected chi connectivity index (χ3v) is 10.6. The number of benzene rings is 3. The van der Waals surface area contributed by atoms with Crippen molar-refractivity contribution < 1.29 is 8.99 Å². The Kier molecular flexibility index (Phi) is 6.62. The molecule has 3 heterocycles. The average Bonchev–Trinajstić information content (AvgIpc) is 3.69. The summed E-state index contributed by atoms with van der Waals surface area (Å²) >= 11 is 1.65. The number of oxazole rings is 1. The smallest absolute Gasteiger partial charge is 0.261 e. The number of thioether (sulfide) groups is 1. The number of likely N-dealkylation sites (N-methyl/N-ethyl adjacent to an activating group) is 1. The van der Waals surface area contributed by atoms with Gasteiger partial charge in [-0.3, -0.25) is 0 Å². The summed E-state index contributed by atoms with van der Waals surface area (Å²) in [6.45, 7) is 9.28. The number of hydrogen-bond donors (Lipinski definition) is 0. The van der Waals surface area contributed by atoms with Crippen molar-refractivity contribution >= 4 is 39.9 Å². The zero-order valence-corrected chi connectivity index (χ0v) is 26.6. The molecule has 0 atom stereocenters. The third kappa shape index (κ3) is 4.53. The molecule has 0 amide bonds. The highest BCUT2D eigenvalue weighted by Gasteiger charge is 2.42. The Labute approximate surface area is 258 Å². The zero-order valence-electron chi connectivity index (χ0n) is 25.8. The summed E-state index contributed by atoms with van der Waals surface area (Å²) in [5, 5.41) is 0.687. The number of para-hydroxylation sites is 4. The third-order valence-electron chi connectivity index (χ3n) is 9.48. The highest BCUT2D eigenvalue weighted by Crippen LogP contribution is 2.48. The van der Waals surface area contributed by atoms with Crippen LogP contribution >= 0.6 is 11.8 Å². The number of hydrogen-bond acceptors (Lipinski definition) is 4. The van der Waals surface area contributed by atoms with Crippen LogP contribution in [0, 0.1) is 0 Å². The van der Waals surface area contributed by atoms with Crippen molar-refractivity contribution in [2.75, 3.05) is 19.0 Å². The van der Waals surface area contributed by atoms with E-state index in [1.807, 2.05) is 24.3 Å². The molecule has 0 saturated heterocycles. The molecule has 1 aromatic heterocycles. The van der Waals surface area contributed by atoms with Crippen LogP contribution in [0.25, 0.3) is 11.1 Å². The van der Waals surface area contributed by atoms with Gasteiger partial charge in [0.15, 0.2) is 11.3 Å². The molecule has 0 fully saturated rings. The Morgan fingerprint density at radius 1 is 0.837 bits per heavy atom. The van der Waals surface area contributed by atoms with Crippen LogP contribution in [0.4, 0.5) is 11.4 Å². The topological polar surface area (TPSA) is 32.3 Å². The van der Waals surface area contributed by atoms with Crippen LogP contribution in [0.3, 0.4) is 0 Å². The maximum atomic E-state index is 6.20. The number of anilines is 1. The van der Waals surface area contributed by atoms with Crippen LogP contribution < -0.4 is 4.90 Å². The summed E-state index contributed by atoms with van der Waals surface area (Å²) in [5.41, 5.74) is 12.2. The summed E-state index contributed by atoms with van der Waals surface area (Å²) < 4.78 is 8.54. The number of aromatic nitrogens is 1. The maximum absolute atomic E-state index is 6.20. The van der Waals surface area contributed by atoms with Crippen LogP contribution in [0.2, 0.25) is 0 Å². The van der Waals surface area contributed by atoms with Gasteiger partial charge in [-0.2, -0.15) is 4.58 Å². The van der Waals surface area contributed by atoms with Crippen LogP contribution in [0.5, 0.6) is 0 Å². The maximum Gasteiger partial charge on any atom is 0.261 e. The molecule has 7 rings (SSSR count). The molecular formula is C38H38N3OS+. The lowest BCUT2D eigenvalue weighted by atomic mass is 9.81. The monoisotopic (exact) mass is 584 g/mol. The van der Waals surface area contributed by atoms with E-state index in [4.69, 9.17) is 9.40 Å². The SMILES string of the molecule is CN1C(=CC=C2CCC(C=CC3=[N+](C)c4ccccc4C3(C)C)=C2Sc2nc3ccccc3o2)C(C)(C)c2ccccc21. The number of fused-ring (bicyclic) bond motifs is 3. The minimum absolute atomic E-state index is 0.0641. The number of nitrogens with zero attached hydrogens (tertiary/aromatic N) is 3. The van der Waals surface area contributed by atoms with Crippen molar-refractivity contribution in [3.63, 3.8) is 0 Å². The first-order valence-corrected chi connectivity index (χ1v) is 15.9. The first-order chi connectivity index (χ1) is 20.7. The minimum atomic E-state index is -0.0641. The van der Waals surface area contributed by atoms with Crippen molar-refractivity contribution in [2.45, 2.75) is 56.6 Å². The van der Waals surface area contributed by atoms with Gasteiger partial charge >= 0.3 is 0 Å². The predicted molar refractivity (Wildman–Crippen MR) is 180 cm³/mol. The van der Waals surface area contributed by atoms with Crippen LogP contribution in [-0.2, 0) is 10.8 Å². The number of rotatable bonds is 5. The van der Waals surface area contributed by atoms with Crippen LogP contribution in [0.15, 0.2) is 128 Å². The quantitative estimate of drug-likeness (QED) is 0.219. The molecule has 0 radical (unpaired) electrons. The van der Waals surface area contributed by atoms with Gasteiger partial charge in [0.1, 0.15) is 12.6 Å². The van der Waals surface area contributed by atoms with E-state index >= 15 is 0 Å². The van der Waals surface area contributed by atoms with Gasteiger partial charge < -0.3 is 9.32 Å². The lowest BCUT2D eigenvalue weighted by molar-refractivity contribution is -0.401. The van der Waals surface area contributed by atoms with E-state index in [9.17, 15) is 0 Å². The average molecular weight is 585 g/mol. The lowest BCUT2D eigenvalue weighted by Crippen LogP contribution is -2.26. The Morgan fingerprint density at radius 3 is 2.33 bits per heavy atom. The minimum Gasteiger partial charge on any atom is -0.431 e.